The molecular weight excluding hydrogens is 142 g/mol. The number of carbonyl (C=O) groups excluding carboxylic acids is 1. The van der Waals surface area contributed by atoms with E-state index in [4.69, 9.17) is 11.5 Å². The first kappa shape index (κ1) is 9.97. The monoisotopic (exact) mass is 157 g/mol. The fourth-order valence-corrected chi connectivity index (χ4v) is 0.713. The number of amides is 1. The van der Waals surface area contributed by atoms with E-state index < -0.39 is 5.91 Å². The molecule has 4 heteroatoms. The average molecular weight is 157 g/mol. The number of hydrogen-bond donors (Lipinski definition) is 2. The van der Waals surface area contributed by atoms with E-state index in [0.29, 0.717) is 17.8 Å². The van der Waals surface area contributed by atoms with Crippen molar-refractivity contribution in [2.24, 2.45) is 11.5 Å². The molecular formula is C7H15N3O. The van der Waals surface area contributed by atoms with Gasteiger partial charge in [0.1, 0.15) is 0 Å². The fraction of sp³-hybridized carbons (Fsp3) is 0.571. The fourth-order valence-electron chi connectivity index (χ4n) is 0.713. The van der Waals surface area contributed by atoms with Crippen molar-refractivity contribution in [2.75, 3.05) is 20.6 Å². The summed E-state index contributed by atoms with van der Waals surface area (Å²) >= 11 is 0. The normalized spacial score (nSPS) is 13.1. The highest BCUT2D eigenvalue weighted by molar-refractivity contribution is 5.92. The zero-order valence-electron chi connectivity index (χ0n) is 7.22. The molecule has 0 radical (unpaired) electrons. The Labute approximate surface area is 66.8 Å². The molecule has 0 aliphatic carbocycles. The second-order valence-electron chi connectivity index (χ2n) is 2.76. The van der Waals surface area contributed by atoms with Crippen LogP contribution in [0.3, 0.4) is 0 Å². The van der Waals surface area contributed by atoms with E-state index in [0.717, 1.165) is 0 Å². The molecule has 0 aromatic rings. The number of primary amides is 1. The number of rotatable bonds is 3. The van der Waals surface area contributed by atoms with Crippen LogP contribution in [0.15, 0.2) is 11.3 Å². The number of carbonyl (C=O) groups is 1. The van der Waals surface area contributed by atoms with E-state index in [1.54, 1.807) is 6.92 Å². The van der Waals surface area contributed by atoms with Gasteiger partial charge in [0.25, 0.3) is 0 Å². The molecule has 0 fully saturated rings. The Morgan fingerprint density at radius 1 is 1.36 bits per heavy atom. The summed E-state index contributed by atoms with van der Waals surface area (Å²) in [5.41, 5.74) is 11.5. The van der Waals surface area contributed by atoms with Gasteiger partial charge in [-0.25, -0.2) is 0 Å². The Bertz CT molecular complexity index is 180. The molecule has 0 rings (SSSR count). The minimum atomic E-state index is -0.446. The lowest BCUT2D eigenvalue weighted by molar-refractivity contribution is -0.114. The molecule has 0 bridgehead atoms. The Morgan fingerprint density at radius 3 is 1.91 bits per heavy atom. The van der Waals surface area contributed by atoms with Gasteiger partial charge < -0.3 is 16.4 Å². The summed E-state index contributed by atoms with van der Waals surface area (Å²) in [4.78, 5) is 12.6. The van der Waals surface area contributed by atoms with E-state index >= 15 is 0 Å². The molecule has 4 N–H and O–H groups in total. The largest absolute Gasteiger partial charge is 0.402 e. The van der Waals surface area contributed by atoms with E-state index in [2.05, 4.69) is 0 Å². The molecule has 0 aliphatic rings. The molecule has 0 aliphatic heterocycles. The molecule has 0 saturated heterocycles. The van der Waals surface area contributed by atoms with Gasteiger partial charge in [-0.15, -0.1) is 0 Å². The maximum Gasteiger partial charge on any atom is 0.247 e. The van der Waals surface area contributed by atoms with Crippen LogP contribution in [0.25, 0.3) is 0 Å². The summed E-state index contributed by atoms with van der Waals surface area (Å²) in [5, 5.41) is 0. The highest BCUT2D eigenvalue weighted by Crippen LogP contribution is 1.98. The van der Waals surface area contributed by atoms with Gasteiger partial charge in [-0.1, -0.05) is 0 Å². The Kier molecular flexibility index (Phi) is 3.60. The molecule has 1 amide bonds. The van der Waals surface area contributed by atoms with E-state index in [9.17, 15) is 4.79 Å². The van der Waals surface area contributed by atoms with Gasteiger partial charge >= 0.3 is 0 Å². The predicted octanol–water partition coefficient (Wildman–Crippen LogP) is -0.734. The van der Waals surface area contributed by atoms with Crippen molar-refractivity contribution in [3.63, 3.8) is 0 Å². The van der Waals surface area contributed by atoms with Gasteiger partial charge in [0.05, 0.1) is 0 Å². The van der Waals surface area contributed by atoms with E-state index in [1.165, 1.54) is 0 Å². The number of hydrogen-bond acceptors (Lipinski definition) is 3. The summed E-state index contributed by atoms with van der Waals surface area (Å²) in [6, 6.07) is 0. The minimum absolute atomic E-state index is 0.446. The zero-order valence-corrected chi connectivity index (χ0v) is 7.22. The van der Waals surface area contributed by atoms with Crippen molar-refractivity contribution >= 4 is 5.91 Å². The van der Waals surface area contributed by atoms with Crippen LogP contribution in [0.1, 0.15) is 6.92 Å². The van der Waals surface area contributed by atoms with Crippen LogP contribution in [0.4, 0.5) is 0 Å². The van der Waals surface area contributed by atoms with Gasteiger partial charge in [0.15, 0.2) is 0 Å². The van der Waals surface area contributed by atoms with E-state index in [-0.39, 0.29) is 0 Å². The SMILES string of the molecule is C/C(N)=C(\CN(C)C)C(N)=O. The third-order valence-corrected chi connectivity index (χ3v) is 1.25. The second kappa shape index (κ2) is 3.98. The lowest BCUT2D eigenvalue weighted by Crippen LogP contribution is -2.27. The maximum absolute atomic E-state index is 10.7. The molecule has 64 valence electrons. The topological polar surface area (TPSA) is 72.3 Å². The van der Waals surface area contributed by atoms with Crippen molar-refractivity contribution in [3.05, 3.63) is 11.3 Å². The number of nitrogens with two attached hydrogens (primary N) is 2. The van der Waals surface area contributed by atoms with Crippen molar-refractivity contribution in [1.82, 2.24) is 4.90 Å². The van der Waals surface area contributed by atoms with Crippen molar-refractivity contribution in [1.29, 1.82) is 0 Å². The first-order valence-corrected chi connectivity index (χ1v) is 3.35. The van der Waals surface area contributed by atoms with Crippen LogP contribution in [0.2, 0.25) is 0 Å². The molecule has 0 unspecified atom stereocenters. The molecule has 0 atom stereocenters. The lowest BCUT2D eigenvalue weighted by atomic mass is 10.2. The Hall–Kier alpha value is -1.03. The molecule has 11 heavy (non-hydrogen) atoms. The lowest BCUT2D eigenvalue weighted by Gasteiger charge is -2.11. The second-order valence-corrected chi connectivity index (χ2v) is 2.76. The van der Waals surface area contributed by atoms with E-state index in [1.807, 2.05) is 19.0 Å². The van der Waals surface area contributed by atoms with Gasteiger partial charge in [0, 0.05) is 17.8 Å². The zero-order chi connectivity index (χ0) is 9.02. The van der Waals surface area contributed by atoms with Crippen molar-refractivity contribution in [3.8, 4) is 0 Å². The Balaban J connectivity index is 4.39. The summed E-state index contributed by atoms with van der Waals surface area (Å²) < 4.78 is 0. The molecule has 0 aromatic heterocycles. The number of allylic oxidation sites excluding steroid dienone is 1. The van der Waals surface area contributed by atoms with Gasteiger partial charge in [0.2, 0.25) is 5.91 Å². The Morgan fingerprint density at radius 2 is 1.82 bits per heavy atom. The number of nitrogens with zero attached hydrogens (tertiary/aromatic N) is 1. The highest BCUT2D eigenvalue weighted by atomic mass is 16.1. The summed E-state index contributed by atoms with van der Waals surface area (Å²) in [7, 11) is 3.71. The molecule has 0 saturated carbocycles. The van der Waals surface area contributed by atoms with Crippen LogP contribution in [0, 0.1) is 0 Å². The first-order chi connectivity index (χ1) is 4.95. The van der Waals surface area contributed by atoms with Crippen LogP contribution in [0.5, 0.6) is 0 Å². The average Bonchev–Trinajstić information content (AvgIpc) is 1.81. The smallest absolute Gasteiger partial charge is 0.247 e. The highest BCUT2D eigenvalue weighted by Gasteiger charge is 2.07. The predicted molar refractivity (Wildman–Crippen MR) is 44.6 cm³/mol. The maximum atomic E-state index is 10.7. The third-order valence-electron chi connectivity index (χ3n) is 1.25. The number of likely N-dealkylation sites (N-methyl/N-ethyl adjacent to an activating group) is 1. The summed E-state index contributed by atoms with van der Waals surface area (Å²) in [5.74, 6) is -0.446. The van der Waals surface area contributed by atoms with Gasteiger partial charge in [-0.2, -0.15) is 0 Å². The van der Waals surface area contributed by atoms with Crippen LogP contribution in [-0.2, 0) is 4.79 Å². The van der Waals surface area contributed by atoms with Crippen LogP contribution >= 0.6 is 0 Å². The van der Waals surface area contributed by atoms with Crippen LogP contribution in [-0.4, -0.2) is 31.4 Å². The quantitative estimate of drug-likeness (QED) is 0.530. The minimum Gasteiger partial charge on any atom is -0.402 e. The molecule has 0 spiro atoms. The summed E-state index contributed by atoms with van der Waals surface area (Å²) in [6.07, 6.45) is 0. The molecule has 0 aromatic carbocycles. The van der Waals surface area contributed by atoms with Gasteiger partial charge in [-0.05, 0) is 21.0 Å². The third kappa shape index (κ3) is 3.62. The molecule has 4 nitrogen and oxygen atoms in total. The summed E-state index contributed by atoms with van der Waals surface area (Å²) in [6.45, 7) is 2.17. The first-order valence-electron chi connectivity index (χ1n) is 3.35. The standard InChI is InChI=1S/C7H15N3O/c1-5(8)6(7(9)11)4-10(2)3/h4,8H2,1-3H3,(H2,9,11)/b6-5-. The van der Waals surface area contributed by atoms with Crippen molar-refractivity contribution < 1.29 is 4.79 Å². The van der Waals surface area contributed by atoms with Crippen molar-refractivity contribution in [2.45, 2.75) is 6.92 Å². The van der Waals surface area contributed by atoms with Crippen LogP contribution < -0.4 is 11.5 Å². The van der Waals surface area contributed by atoms with Gasteiger partial charge in [-0.3, -0.25) is 4.79 Å². The molecule has 0 heterocycles.